The molecule has 0 radical (unpaired) electrons. The van der Waals surface area contributed by atoms with Crippen molar-refractivity contribution in [3.05, 3.63) is 40.5 Å². The van der Waals surface area contributed by atoms with Gasteiger partial charge in [0.25, 0.3) is 0 Å². The Labute approximate surface area is 139 Å². The predicted molar refractivity (Wildman–Crippen MR) is 89.7 cm³/mol. The molecule has 0 unspecified atom stereocenters. The van der Waals surface area contributed by atoms with Gasteiger partial charge >= 0.3 is 0 Å². The second-order valence-electron chi connectivity index (χ2n) is 5.67. The Morgan fingerprint density at radius 3 is 3.00 bits per heavy atom. The molecule has 1 aliphatic rings. The summed E-state index contributed by atoms with van der Waals surface area (Å²) in [5.41, 5.74) is 1.85. The lowest BCUT2D eigenvalue weighted by Gasteiger charge is -2.33. The Kier molecular flexibility index (Phi) is 4.88. The van der Waals surface area contributed by atoms with Crippen molar-refractivity contribution in [2.45, 2.75) is 12.5 Å². The first-order valence-electron chi connectivity index (χ1n) is 7.54. The number of hydrogen-bond acceptors (Lipinski definition) is 6. The van der Waals surface area contributed by atoms with Crippen molar-refractivity contribution < 1.29 is 9.53 Å². The second-order valence-corrected chi connectivity index (χ2v) is 6.45. The molecule has 0 spiro atoms. The van der Waals surface area contributed by atoms with Gasteiger partial charge in [0.05, 0.1) is 19.6 Å². The minimum absolute atomic E-state index is 0.131. The smallest absolute Gasteiger partial charge is 0.227 e. The summed E-state index contributed by atoms with van der Waals surface area (Å²) in [5, 5.41) is 4.01. The first-order valence-corrected chi connectivity index (χ1v) is 8.48. The first-order chi connectivity index (χ1) is 11.1. The van der Waals surface area contributed by atoms with Crippen LogP contribution in [0.3, 0.4) is 0 Å². The lowest BCUT2D eigenvalue weighted by atomic mass is 10.1. The van der Waals surface area contributed by atoms with Gasteiger partial charge in [-0.15, -0.1) is 0 Å². The van der Waals surface area contributed by atoms with E-state index in [4.69, 9.17) is 4.74 Å². The van der Waals surface area contributed by atoms with Gasteiger partial charge in [-0.3, -0.25) is 9.78 Å². The van der Waals surface area contributed by atoms with Crippen molar-refractivity contribution in [2.24, 2.45) is 0 Å². The number of carbonyl (C=O) groups is 1. The third kappa shape index (κ3) is 3.68. The molecule has 3 heterocycles. The molecule has 0 saturated carbocycles. The van der Waals surface area contributed by atoms with Gasteiger partial charge < -0.3 is 14.5 Å². The van der Waals surface area contributed by atoms with Gasteiger partial charge in [-0.2, -0.15) is 11.3 Å². The summed E-state index contributed by atoms with van der Waals surface area (Å²) in [5.74, 6) is 0.914. The van der Waals surface area contributed by atoms with E-state index in [0.717, 1.165) is 17.1 Å². The van der Waals surface area contributed by atoms with Gasteiger partial charge in [0, 0.05) is 33.0 Å². The Morgan fingerprint density at radius 1 is 1.43 bits per heavy atom. The van der Waals surface area contributed by atoms with E-state index in [1.807, 2.05) is 40.7 Å². The average molecular weight is 332 g/mol. The summed E-state index contributed by atoms with van der Waals surface area (Å²) in [6.45, 7) is 1.66. The van der Waals surface area contributed by atoms with Gasteiger partial charge in [-0.05, 0) is 22.4 Å². The molecule has 7 heteroatoms. The monoisotopic (exact) mass is 332 g/mol. The summed E-state index contributed by atoms with van der Waals surface area (Å²) >= 11 is 1.61. The molecule has 2 aromatic heterocycles. The van der Waals surface area contributed by atoms with E-state index < -0.39 is 0 Å². The number of aromatic nitrogens is 2. The molecule has 23 heavy (non-hydrogen) atoms. The van der Waals surface area contributed by atoms with E-state index in [1.165, 1.54) is 0 Å². The van der Waals surface area contributed by atoms with Gasteiger partial charge in [0.15, 0.2) is 5.82 Å². The van der Waals surface area contributed by atoms with Crippen LogP contribution in [0.5, 0.6) is 0 Å². The second kappa shape index (κ2) is 7.06. The normalized spacial score (nSPS) is 18.0. The summed E-state index contributed by atoms with van der Waals surface area (Å²) in [6.07, 6.45) is 3.54. The van der Waals surface area contributed by atoms with E-state index in [2.05, 4.69) is 9.97 Å². The van der Waals surface area contributed by atoms with Crippen LogP contribution in [-0.4, -0.2) is 54.6 Å². The highest BCUT2D eigenvalue weighted by atomic mass is 32.1. The lowest BCUT2D eigenvalue weighted by Crippen LogP contribution is -2.43. The van der Waals surface area contributed by atoms with E-state index in [0.29, 0.717) is 26.1 Å². The SMILES string of the molecule is CN(C)c1nccnc1[C@@H]1CN(C(=O)Cc2ccsc2)CCO1. The number of ether oxygens (including phenoxy) is 1. The molecule has 1 aliphatic heterocycles. The standard InChI is InChI=1S/C16H20N4O2S/c1-19(2)16-15(17-4-5-18-16)13-10-20(6-7-22-13)14(21)9-12-3-8-23-11-12/h3-5,8,11,13H,6-7,9-10H2,1-2H3/t13-/m0/s1. The molecule has 1 amide bonds. The fraction of sp³-hybridized carbons (Fsp3) is 0.438. The summed E-state index contributed by atoms with van der Waals surface area (Å²) in [6, 6.07) is 1.99. The number of morpholine rings is 1. The van der Waals surface area contributed by atoms with Crippen LogP contribution in [0.1, 0.15) is 17.4 Å². The van der Waals surface area contributed by atoms with Crippen LogP contribution in [0.4, 0.5) is 5.82 Å². The van der Waals surface area contributed by atoms with Gasteiger partial charge in [-0.25, -0.2) is 4.98 Å². The summed E-state index contributed by atoms with van der Waals surface area (Å²) < 4.78 is 5.85. The molecular formula is C16H20N4O2S. The molecule has 0 aromatic carbocycles. The summed E-state index contributed by atoms with van der Waals surface area (Å²) in [4.78, 5) is 25.1. The highest BCUT2D eigenvalue weighted by Gasteiger charge is 2.28. The molecule has 3 rings (SSSR count). The zero-order chi connectivity index (χ0) is 16.2. The molecule has 0 bridgehead atoms. The van der Waals surface area contributed by atoms with Crippen molar-refractivity contribution >= 4 is 23.1 Å². The van der Waals surface area contributed by atoms with Gasteiger partial charge in [-0.1, -0.05) is 0 Å². The lowest BCUT2D eigenvalue weighted by molar-refractivity contribution is -0.138. The number of anilines is 1. The van der Waals surface area contributed by atoms with Gasteiger partial charge in [0.2, 0.25) is 5.91 Å². The number of nitrogens with zero attached hydrogens (tertiary/aromatic N) is 4. The first kappa shape index (κ1) is 15.9. The molecule has 2 aromatic rings. The number of amides is 1. The Hall–Kier alpha value is -1.99. The van der Waals surface area contributed by atoms with Gasteiger partial charge in [0.1, 0.15) is 11.8 Å². The predicted octanol–water partition coefficient (Wildman–Crippen LogP) is 1.75. The maximum atomic E-state index is 12.5. The quantitative estimate of drug-likeness (QED) is 0.854. The van der Waals surface area contributed by atoms with Crippen molar-refractivity contribution in [1.29, 1.82) is 0 Å². The van der Waals surface area contributed by atoms with Crippen LogP contribution < -0.4 is 4.90 Å². The van der Waals surface area contributed by atoms with E-state index in [1.54, 1.807) is 23.7 Å². The van der Waals surface area contributed by atoms with Crippen LogP contribution in [0, 0.1) is 0 Å². The number of thiophene rings is 1. The highest BCUT2D eigenvalue weighted by molar-refractivity contribution is 7.07. The molecule has 1 atom stereocenters. The molecule has 0 N–H and O–H groups in total. The molecule has 0 aliphatic carbocycles. The van der Waals surface area contributed by atoms with Crippen molar-refractivity contribution in [3.63, 3.8) is 0 Å². The fourth-order valence-corrected chi connectivity index (χ4v) is 3.30. The molecular weight excluding hydrogens is 312 g/mol. The van der Waals surface area contributed by atoms with Crippen molar-refractivity contribution in [3.8, 4) is 0 Å². The molecule has 1 saturated heterocycles. The van der Waals surface area contributed by atoms with E-state index in [9.17, 15) is 4.79 Å². The Balaban J connectivity index is 1.72. The molecule has 1 fully saturated rings. The third-order valence-electron chi connectivity index (χ3n) is 3.79. The minimum Gasteiger partial charge on any atom is -0.368 e. The average Bonchev–Trinajstić information content (AvgIpc) is 3.08. The van der Waals surface area contributed by atoms with Crippen LogP contribution in [0.15, 0.2) is 29.2 Å². The maximum absolute atomic E-state index is 12.5. The van der Waals surface area contributed by atoms with E-state index in [-0.39, 0.29) is 12.0 Å². The number of rotatable bonds is 4. The molecule has 122 valence electrons. The van der Waals surface area contributed by atoms with Crippen LogP contribution in [0.25, 0.3) is 0 Å². The summed E-state index contributed by atoms with van der Waals surface area (Å²) in [7, 11) is 3.85. The van der Waals surface area contributed by atoms with Crippen LogP contribution in [0.2, 0.25) is 0 Å². The Bertz CT molecular complexity index is 660. The topological polar surface area (TPSA) is 58.6 Å². The fourth-order valence-electron chi connectivity index (χ4n) is 2.63. The highest BCUT2D eigenvalue weighted by Crippen LogP contribution is 2.26. The van der Waals surface area contributed by atoms with Crippen LogP contribution >= 0.6 is 11.3 Å². The number of carbonyl (C=O) groups excluding carboxylic acids is 1. The van der Waals surface area contributed by atoms with Crippen LogP contribution in [-0.2, 0) is 16.0 Å². The third-order valence-corrected chi connectivity index (χ3v) is 4.52. The van der Waals surface area contributed by atoms with Crippen molar-refractivity contribution in [1.82, 2.24) is 14.9 Å². The largest absolute Gasteiger partial charge is 0.368 e. The van der Waals surface area contributed by atoms with Crippen molar-refractivity contribution in [2.75, 3.05) is 38.7 Å². The molecule has 6 nitrogen and oxygen atoms in total. The zero-order valence-electron chi connectivity index (χ0n) is 13.3. The maximum Gasteiger partial charge on any atom is 0.227 e. The number of hydrogen-bond donors (Lipinski definition) is 0. The minimum atomic E-state index is -0.235. The Morgan fingerprint density at radius 2 is 2.26 bits per heavy atom. The zero-order valence-corrected chi connectivity index (χ0v) is 14.1. The van der Waals surface area contributed by atoms with E-state index >= 15 is 0 Å².